The highest BCUT2D eigenvalue weighted by atomic mass is 35.5. The molecule has 0 bridgehead atoms. The Hall–Kier alpha value is -0.500. The van der Waals surface area contributed by atoms with Crippen molar-refractivity contribution in [1.29, 1.82) is 0 Å². The minimum absolute atomic E-state index is 0.0329. The summed E-state index contributed by atoms with van der Waals surface area (Å²) in [7, 11) is 0. The fourth-order valence-electron chi connectivity index (χ4n) is 0.827. The van der Waals surface area contributed by atoms with E-state index in [4.69, 9.17) is 16.1 Å². The number of aryl methyl sites for hydroxylation is 1. The zero-order chi connectivity index (χ0) is 8.65. The topological polar surface area (TPSA) is 26.0 Å². The lowest BCUT2D eigenvalue weighted by Crippen LogP contribution is -2.11. The monoisotopic (exact) mass is 173 g/mol. The molecule has 0 amide bonds. The van der Waals surface area contributed by atoms with Gasteiger partial charge >= 0.3 is 0 Å². The van der Waals surface area contributed by atoms with Gasteiger partial charge in [0.05, 0.1) is 0 Å². The van der Waals surface area contributed by atoms with E-state index in [1.807, 2.05) is 6.92 Å². The molecular weight excluding hydrogens is 162 g/mol. The molecule has 0 spiro atoms. The molecular formula is C8H12ClNO. The third-order valence-corrected chi connectivity index (χ3v) is 1.95. The molecule has 0 saturated carbocycles. The van der Waals surface area contributed by atoms with E-state index in [1.165, 1.54) is 0 Å². The molecule has 1 heterocycles. The van der Waals surface area contributed by atoms with Crippen LogP contribution in [0.5, 0.6) is 0 Å². The minimum Gasteiger partial charge on any atom is -0.360 e. The van der Waals surface area contributed by atoms with Gasteiger partial charge in [-0.05, 0) is 6.92 Å². The highest BCUT2D eigenvalue weighted by Gasteiger charge is 2.23. The average Bonchev–Trinajstić information content (AvgIpc) is 2.11. The van der Waals surface area contributed by atoms with Crippen molar-refractivity contribution in [3.8, 4) is 0 Å². The molecule has 0 atom stereocenters. The van der Waals surface area contributed by atoms with E-state index in [9.17, 15) is 0 Å². The Morgan fingerprint density at radius 3 is 2.09 bits per heavy atom. The molecule has 0 unspecified atom stereocenters. The van der Waals surface area contributed by atoms with Gasteiger partial charge in [-0.25, -0.2) is 0 Å². The molecule has 0 aromatic carbocycles. The van der Waals surface area contributed by atoms with Crippen LogP contribution < -0.4 is 0 Å². The zero-order valence-corrected chi connectivity index (χ0v) is 7.99. The summed E-state index contributed by atoms with van der Waals surface area (Å²) in [5, 5.41) is 4.53. The van der Waals surface area contributed by atoms with Gasteiger partial charge in [-0.1, -0.05) is 37.5 Å². The number of hydrogen-bond acceptors (Lipinski definition) is 2. The van der Waals surface area contributed by atoms with Crippen molar-refractivity contribution in [3.05, 3.63) is 16.5 Å². The number of halogens is 1. The summed E-state index contributed by atoms with van der Waals surface area (Å²) >= 11 is 5.94. The zero-order valence-electron chi connectivity index (χ0n) is 7.23. The molecule has 0 N–H and O–H groups in total. The van der Waals surface area contributed by atoms with Gasteiger partial charge in [0.15, 0.2) is 5.76 Å². The van der Waals surface area contributed by atoms with Crippen LogP contribution in [-0.2, 0) is 5.41 Å². The van der Waals surface area contributed by atoms with E-state index in [0.717, 1.165) is 5.69 Å². The van der Waals surface area contributed by atoms with Crippen molar-refractivity contribution in [2.45, 2.75) is 33.1 Å². The smallest absolute Gasteiger partial charge is 0.152 e. The molecule has 0 aliphatic heterocycles. The van der Waals surface area contributed by atoms with Gasteiger partial charge in [-0.3, -0.25) is 0 Å². The van der Waals surface area contributed by atoms with E-state index >= 15 is 0 Å². The van der Waals surface area contributed by atoms with Crippen LogP contribution in [0.2, 0.25) is 5.02 Å². The molecule has 1 aromatic heterocycles. The molecule has 2 nitrogen and oxygen atoms in total. The van der Waals surface area contributed by atoms with Crippen LogP contribution in [0.15, 0.2) is 4.52 Å². The van der Waals surface area contributed by atoms with Gasteiger partial charge in [0.1, 0.15) is 10.7 Å². The molecule has 3 heteroatoms. The molecule has 62 valence electrons. The van der Waals surface area contributed by atoms with E-state index in [0.29, 0.717) is 10.8 Å². The summed E-state index contributed by atoms with van der Waals surface area (Å²) in [4.78, 5) is 0. The first kappa shape index (κ1) is 8.60. The van der Waals surface area contributed by atoms with Gasteiger partial charge < -0.3 is 4.52 Å². The molecule has 0 saturated heterocycles. The maximum absolute atomic E-state index is 5.94. The summed E-state index contributed by atoms with van der Waals surface area (Å²) in [6, 6.07) is 0. The van der Waals surface area contributed by atoms with Crippen LogP contribution >= 0.6 is 11.6 Å². The number of aromatic nitrogens is 1. The molecule has 1 aromatic rings. The van der Waals surface area contributed by atoms with Gasteiger partial charge in [0.25, 0.3) is 0 Å². The predicted octanol–water partition coefficient (Wildman–Crippen LogP) is 2.93. The van der Waals surface area contributed by atoms with Crippen molar-refractivity contribution in [2.75, 3.05) is 0 Å². The second kappa shape index (κ2) is 2.52. The number of hydrogen-bond donors (Lipinski definition) is 0. The number of nitrogens with zero attached hydrogens (tertiary/aromatic N) is 1. The Morgan fingerprint density at radius 2 is 1.91 bits per heavy atom. The Labute approximate surface area is 71.5 Å². The first-order valence-corrected chi connectivity index (χ1v) is 3.93. The Balaban J connectivity index is 3.15. The SMILES string of the molecule is Cc1onc(C(C)(C)C)c1Cl. The highest BCUT2D eigenvalue weighted by Crippen LogP contribution is 2.30. The summed E-state index contributed by atoms with van der Waals surface area (Å²) in [6.07, 6.45) is 0. The van der Waals surface area contributed by atoms with Crippen molar-refractivity contribution in [1.82, 2.24) is 5.16 Å². The van der Waals surface area contributed by atoms with Gasteiger partial charge in [0.2, 0.25) is 0 Å². The highest BCUT2D eigenvalue weighted by molar-refractivity contribution is 6.31. The third-order valence-electron chi connectivity index (χ3n) is 1.50. The average molecular weight is 174 g/mol. The van der Waals surface area contributed by atoms with Gasteiger partial charge in [0, 0.05) is 5.41 Å². The summed E-state index contributed by atoms with van der Waals surface area (Å²) < 4.78 is 4.94. The molecule has 0 aliphatic carbocycles. The van der Waals surface area contributed by atoms with Gasteiger partial charge in [-0.15, -0.1) is 0 Å². The quantitative estimate of drug-likeness (QED) is 0.603. The lowest BCUT2D eigenvalue weighted by molar-refractivity contribution is 0.375. The van der Waals surface area contributed by atoms with Crippen LogP contribution in [0, 0.1) is 6.92 Å². The Morgan fingerprint density at radius 1 is 1.36 bits per heavy atom. The summed E-state index contributed by atoms with van der Waals surface area (Å²) in [6.45, 7) is 7.97. The van der Waals surface area contributed by atoms with E-state index in [-0.39, 0.29) is 5.41 Å². The van der Waals surface area contributed by atoms with Crippen LogP contribution in [-0.4, -0.2) is 5.16 Å². The van der Waals surface area contributed by atoms with Crippen LogP contribution in [0.1, 0.15) is 32.2 Å². The third kappa shape index (κ3) is 1.56. The fraction of sp³-hybridized carbons (Fsp3) is 0.625. The van der Waals surface area contributed by atoms with Crippen LogP contribution in [0.25, 0.3) is 0 Å². The van der Waals surface area contributed by atoms with Crippen molar-refractivity contribution >= 4 is 11.6 Å². The number of rotatable bonds is 0. The van der Waals surface area contributed by atoms with Crippen molar-refractivity contribution in [2.24, 2.45) is 0 Å². The molecule has 0 fully saturated rings. The fourth-order valence-corrected chi connectivity index (χ4v) is 1.18. The molecule has 11 heavy (non-hydrogen) atoms. The first-order valence-electron chi connectivity index (χ1n) is 3.55. The maximum Gasteiger partial charge on any atom is 0.152 e. The Bertz CT molecular complexity index is 260. The standard InChI is InChI=1S/C8H12ClNO/c1-5-6(9)7(10-11-5)8(2,3)4/h1-4H3. The van der Waals surface area contributed by atoms with Crippen molar-refractivity contribution in [3.63, 3.8) is 0 Å². The maximum atomic E-state index is 5.94. The van der Waals surface area contributed by atoms with E-state index in [2.05, 4.69) is 25.9 Å². The van der Waals surface area contributed by atoms with E-state index < -0.39 is 0 Å². The lowest BCUT2D eigenvalue weighted by Gasteiger charge is -2.13. The second-order valence-corrected chi connectivity index (χ2v) is 4.03. The Kier molecular flexibility index (Phi) is 1.97. The molecule has 0 radical (unpaired) electrons. The van der Waals surface area contributed by atoms with Gasteiger partial charge in [-0.2, -0.15) is 0 Å². The minimum atomic E-state index is -0.0329. The van der Waals surface area contributed by atoms with Crippen molar-refractivity contribution < 1.29 is 4.52 Å². The largest absolute Gasteiger partial charge is 0.360 e. The first-order chi connectivity index (χ1) is 4.93. The normalized spacial score (nSPS) is 12.1. The summed E-state index contributed by atoms with van der Waals surface area (Å²) in [5.41, 5.74) is 0.797. The molecule has 1 rings (SSSR count). The molecule has 0 aliphatic rings. The van der Waals surface area contributed by atoms with E-state index in [1.54, 1.807) is 0 Å². The van der Waals surface area contributed by atoms with Crippen LogP contribution in [0.3, 0.4) is 0 Å². The lowest BCUT2D eigenvalue weighted by atomic mass is 9.92. The predicted molar refractivity (Wildman–Crippen MR) is 45.0 cm³/mol. The second-order valence-electron chi connectivity index (χ2n) is 3.65. The van der Waals surface area contributed by atoms with Crippen LogP contribution in [0.4, 0.5) is 0 Å². The summed E-state index contributed by atoms with van der Waals surface area (Å²) in [5.74, 6) is 0.691.